The SMILES string of the molecule is CC=CC=CC=C(C)[C@H]1OC[C@@H](C)[C@@H](OC)[C@@H]1OC(=O)CS(C)(=O)=O. The number of esters is 1. The third kappa shape index (κ3) is 7.13. The summed E-state index contributed by atoms with van der Waals surface area (Å²) in [5, 5.41) is 0. The number of hydrogen-bond donors (Lipinski definition) is 0. The van der Waals surface area contributed by atoms with E-state index in [1.165, 1.54) is 0 Å². The topological polar surface area (TPSA) is 78.9 Å². The molecule has 0 amide bonds. The summed E-state index contributed by atoms with van der Waals surface area (Å²) in [6, 6.07) is 0. The number of allylic oxidation sites excluding steroid dienone is 5. The van der Waals surface area contributed by atoms with Crippen LogP contribution < -0.4 is 0 Å². The first-order valence-electron chi connectivity index (χ1n) is 8.17. The van der Waals surface area contributed by atoms with Crippen LogP contribution in [0.25, 0.3) is 0 Å². The zero-order chi connectivity index (χ0) is 19.0. The quantitative estimate of drug-likeness (QED) is 0.503. The molecule has 1 rings (SSSR count). The van der Waals surface area contributed by atoms with Crippen molar-refractivity contribution in [2.24, 2.45) is 5.92 Å². The van der Waals surface area contributed by atoms with Crippen molar-refractivity contribution in [2.45, 2.75) is 39.1 Å². The van der Waals surface area contributed by atoms with Crippen LogP contribution in [0.5, 0.6) is 0 Å². The minimum absolute atomic E-state index is 0.0173. The molecule has 1 fully saturated rings. The van der Waals surface area contributed by atoms with Gasteiger partial charge in [-0.3, -0.25) is 4.79 Å². The maximum atomic E-state index is 12.0. The van der Waals surface area contributed by atoms with Gasteiger partial charge in [-0.15, -0.1) is 0 Å². The Balaban J connectivity index is 3.01. The molecule has 0 aromatic rings. The molecule has 142 valence electrons. The van der Waals surface area contributed by atoms with Gasteiger partial charge in [0.25, 0.3) is 0 Å². The lowest BCUT2D eigenvalue weighted by Crippen LogP contribution is -2.53. The predicted octanol–water partition coefficient (Wildman–Crippen LogP) is 2.07. The molecule has 7 heteroatoms. The number of hydrogen-bond acceptors (Lipinski definition) is 6. The maximum Gasteiger partial charge on any atom is 0.321 e. The van der Waals surface area contributed by atoms with Crippen molar-refractivity contribution in [2.75, 3.05) is 25.7 Å². The van der Waals surface area contributed by atoms with Gasteiger partial charge >= 0.3 is 5.97 Å². The summed E-state index contributed by atoms with van der Waals surface area (Å²) in [5.41, 5.74) is 0.867. The molecule has 4 atom stereocenters. The third-order valence-electron chi connectivity index (χ3n) is 3.86. The van der Waals surface area contributed by atoms with Gasteiger partial charge in [0.15, 0.2) is 15.9 Å². The second kappa shape index (κ2) is 9.89. The smallest absolute Gasteiger partial charge is 0.321 e. The summed E-state index contributed by atoms with van der Waals surface area (Å²) < 4.78 is 39.5. The minimum Gasteiger partial charge on any atom is -0.456 e. The molecule has 0 aromatic heterocycles. The average molecular weight is 372 g/mol. The summed E-state index contributed by atoms with van der Waals surface area (Å²) in [5.74, 6) is -1.44. The van der Waals surface area contributed by atoms with Crippen LogP contribution in [0.3, 0.4) is 0 Å². The maximum absolute atomic E-state index is 12.0. The Morgan fingerprint density at radius 3 is 2.48 bits per heavy atom. The van der Waals surface area contributed by atoms with Gasteiger partial charge in [-0.25, -0.2) is 8.42 Å². The monoisotopic (exact) mass is 372 g/mol. The van der Waals surface area contributed by atoms with Crippen LogP contribution in [0.15, 0.2) is 36.0 Å². The number of ether oxygens (including phenoxy) is 3. The fourth-order valence-electron chi connectivity index (χ4n) is 2.70. The van der Waals surface area contributed by atoms with Crippen molar-refractivity contribution >= 4 is 15.8 Å². The van der Waals surface area contributed by atoms with Gasteiger partial charge in [-0.2, -0.15) is 0 Å². The number of carbonyl (C=O) groups is 1. The van der Waals surface area contributed by atoms with Crippen molar-refractivity contribution < 1.29 is 27.4 Å². The molecule has 0 saturated carbocycles. The standard InChI is InChI=1S/C18H28O6S/c1-6-7-8-9-10-13(2)17-18(16(22-4)14(3)11-23-17)24-15(19)12-25(5,20)21/h6-10,14,16-18H,11-12H2,1-5H3/t14-,16-,17-,18+/m1/s1. The molecule has 0 spiro atoms. The van der Waals surface area contributed by atoms with Crippen molar-refractivity contribution in [3.8, 4) is 0 Å². The Bertz CT molecular complexity index is 632. The molecule has 0 N–H and O–H groups in total. The largest absolute Gasteiger partial charge is 0.456 e. The van der Waals surface area contributed by atoms with E-state index in [2.05, 4.69) is 0 Å². The van der Waals surface area contributed by atoms with E-state index in [9.17, 15) is 13.2 Å². The Labute approximate surface area is 150 Å². The number of sulfone groups is 1. The molecule has 1 aliphatic heterocycles. The molecular formula is C18H28O6S. The highest BCUT2D eigenvalue weighted by Crippen LogP contribution is 2.29. The average Bonchev–Trinajstić information content (AvgIpc) is 2.50. The normalized spacial score (nSPS) is 28.6. The van der Waals surface area contributed by atoms with Crippen LogP contribution in [-0.2, 0) is 28.8 Å². The molecule has 1 saturated heterocycles. The van der Waals surface area contributed by atoms with E-state index in [1.54, 1.807) is 7.11 Å². The highest BCUT2D eigenvalue weighted by Gasteiger charge is 2.42. The van der Waals surface area contributed by atoms with Crippen LogP contribution in [0.1, 0.15) is 20.8 Å². The molecule has 0 aromatic carbocycles. The number of carbonyl (C=O) groups excluding carboxylic acids is 1. The van der Waals surface area contributed by atoms with E-state index < -0.39 is 33.8 Å². The van der Waals surface area contributed by atoms with Gasteiger partial charge < -0.3 is 14.2 Å². The molecule has 6 nitrogen and oxygen atoms in total. The van der Waals surface area contributed by atoms with Crippen LogP contribution in [0, 0.1) is 5.92 Å². The van der Waals surface area contributed by atoms with Gasteiger partial charge in [0, 0.05) is 19.3 Å². The molecule has 1 heterocycles. The summed E-state index contributed by atoms with van der Waals surface area (Å²) in [7, 11) is -1.91. The molecule has 0 aliphatic carbocycles. The van der Waals surface area contributed by atoms with E-state index in [-0.39, 0.29) is 12.0 Å². The number of rotatable bonds is 7. The van der Waals surface area contributed by atoms with E-state index in [1.807, 2.05) is 51.2 Å². The first-order chi connectivity index (χ1) is 11.7. The molecule has 25 heavy (non-hydrogen) atoms. The fraction of sp³-hybridized carbons (Fsp3) is 0.611. The van der Waals surface area contributed by atoms with Crippen LogP contribution in [-0.4, -0.2) is 58.4 Å². The summed E-state index contributed by atoms with van der Waals surface area (Å²) in [6.45, 7) is 6.21. The van der Waals surface area contributed by atoms with Gasteiger partial charge in [0.05, 0.1) is 6.61 Å². The highest BCUT2D eigenvalue weighted by atomic mass is 32.2. The molecule has 0 unspecified atom stereocenters. The second-order valence-corrected chi connectivity index (χ2v) is 8.42. The Morgan fingerprint density at radius 1 is 1.24 bits per heavy atom. The van der Waals surface area contributed by atoms with Gasteiger partial charge in [-0.05, 0) is 19.4 Å². The van der Waals surface area contributed by atoms with Crippen LogP contribution in [0.4, 0.5) is 0 Å². The van der Waals surface area contributed by atoms with E-state index in [0.29, 0.717) is 6.61 Å². The van der Waals surface area contributed by atoms with Crippen molar-refractivity contribution in [1.29, 1.82) is 0 Å². The van der Waals surface area contributed by atoms with Crippen molar-refractivity contribution in [1.82, 2.24) is 0 Å². The summed E-state index contributed by atoms with van der Waals surface area (Å²) in [6.07, 6.45) is 8.88. The Hall–Kier alpha value is -1.44. The van der Waals surface area contributed by atoms with Crippen molar-refractivity contribution in [3.05, 3.63) is 36.0 Å². The predicted molar refractivity (Wildman–Crippen MR) is 97.0 cm³/mol. The lowest BCUT2D eigenvalue weighted by molar-refractivity contribution is -0.190. The third-order valence-corrected chi connectivity index (χ3v) is 4.62. The fourth-order valence-corrected chi connectivity index (χ4v) is 3.20. The number of methoxy groups -OCH3 is 1. The Kier molecular flexibility index (Phi) is 8.55. The van der Waals surface area contributed by atoms with Gasteiger partial charge in [-0.1, -0.05) is 37.3 Å². The van der Waals surface area contributed by atoms with E-state index >= 15 is 0 Å². The first kappa shape index (κ1) is 21.6. The van der Waals surface area contributed by atoms with Crippen LogP contribution in [0.2, 0.25) is 0 Å². The zero-order valence-corrected chi connectivity index (χ0v) is 16.3. The summed E-state index contributed by atoms with van der Waals surface area (Å²) >= 11 is 0. The highest BCUT2D eigenvalue weighted by molar-refractivity contribution is 7.91. The molecule has 1 aliphatic rings. The molecule has 0 radical (unpaired) electrons. The lowest BCUT2D eigenvalue weighted by Gasteiger charge is -2.40. The second-order valence-electron chi connectivity index (χ2n) is 6.28. The summed E-state index contributed by atoms with van der Waals surface area (Å²) in [4.78, 5) is 12.0. The lowest BCUT2D eigenvalue weighted by atomic mass is 9.90. The van der Waals surface area contributed by atoms with E-state index in [4.69, 9.17) is 14.2 Å². The van der Waals surface area contributed by atoms with Gasteiger partial charge in [0.1, 0.15) is 18.0 Å². The first-order valence-corrected chi connectivity index (χ1v) is 10.2. The molecular weight excluding hydrogens is 344 g/mol. The molecule has 0 bridgehead atoms. The van der Waals surface area contributed by atoms with E-state index in [0.717, 1.165) is 11.8 Å². The minimum atomic E-state index is -3.46. The Morgan fingerprint density at radius 2 is 1.92 bits per heavy atom. The van der Waals surface area contributed by atoms with Crippen LogP contribution >= 0.6 is 0 Å². The van der Waals surface area contributed by atoms with Crippen molar-refractivity contribution in [3.63, 3.8) is 0 Å². The van der Waals surface area contributed by atoms with Gasteiger partial charge in [0.2, 0.25) is 0 Å². The zero-order valence-electron chi connectivity index (χ0n) is 15.5.